The summed E-state index contributed by atoms with van der Waals surface area (Å²) in [4.78, 5) is 27.6. The Morgan fingerprint density at radius 1 is 1.24 bits per heavy atom. The second-order valence-electron chi connectivity index (χ2n) is 8.55. The fourth-order valence-electron chi connectivity index (χ4n) is 4.42. The molecule has 0 radical (unpaired) electrons. The SMILES string of the molecule is CCc1ncnc(-c2cc(F)c(C(=O)N3CCC(C(C)O)CC3)c(Cl)c2)c1-c1ccc(N)nc1. The number of aryl methyl sites for hydroxylation is 1. The molecule has 1 aliphatic heterocycles. The van der Waals surface area contributed by atoms with Crippen LogP contribution in [-0.4, -0.2) is 50.1 Å². The van der Waals surface area contributed by atoms with Crippen molar-refractivity contribution in [1.82, 2.24) is 19.9 Å². The van der Waals surface area contributed by atoms with E-state index in [2.05, 4.69) is 15.0 Å². The molecule has 3 N–H and O–H groups in total. The number of benzene rings is 1. The molecule has 1 fully saturated rings. The average molecular weight is 484 g/mol. The predicted molar refractivity (Wildman–Crippen MR) is 130 cm³/mol. The highest BCUT2D eigenvalue weighted by Crippen LogP contribution is 2.36. The molecule has 7 nitrogen and oxygen atoms in total. The first kappa shape index (κ1) is 24.0. The van der Waals surface area contributed by atoms with Crippen LogP contribution in [0.5, 0.6) is 0 Å². The summed E-state index contributed by atoms with van der Waals surface area (Å²) < 4.78 is 15.3. The standard InChI is InChI=1S/C25H27ClFN5O2/c1-3-20-22(16-4-5-21(28)29-12-16)24(31-13-30-20)17-10-18(26)23(19(27)11-17)25(34)32-8-6-15(7-9-32)14(2)33/h4-5,10-15,33H,3,6-9H2,1-2H3,(H2,28,29). The summed E-state index contributed by atoms with van der Waals surface area (Å²) in [6, 6.07) is 6.35. The lowest BCUT2D eigenvalue weighted by atomic mass is 9.91. The largest absolute Gasteiger partial charge is 0.393 e. The molecule has 2 aromatic heterocycles. The van der Waals surface area contributed by atoms with Crippen molar-refractivity contribution >= 4 is 23.3 Å². The third kappa shape index (κ3) is 4.74. The average Bonchev–Trinajstić information content (AvgIpc) is 2.83. The van der Waals surface area contributed by atoms with E-state index in [9.17, 15) is 9.90 Å². The maximum atomic E-state index is 15.3. The number of aromatic nitrogens is 3. The number of likely N-dealkylation sites (tertiary alicyclic amines) is 1. The first-order chi connectivity index (χ1) is 16.3. The van der Waals surface area contributed by atoms with Gasteiger partial charge in [0, 0.05) is 36.0 Å². The summed E-state index contributed by atoms with van der Waals surface area (Å²) in [6.45, 7) is 4.62. The van der Waals surface area contributed by atoms with Crippen molar-refractivity contribution in [3.63, 3.8) is 0 Å². The highest BCUT2D eigenvalue weighted by Gasteiger charge is 2.29. The minimum Gasteiger partial charge on any atom is -0.393 e. The molecule has 0 spiro atoms. The van der Waals surface area contributed by atoms with Gasteiger partial charge in [0.15, 0.2) is 0 Å². The number of carbonyl (C=O) groups excluding carboxylic acids is 1. The minimum absolute atomic E-state index is 0.0238. The van der Waals surface area contributed by atoms with E-state index in [0.717, 1.165) is 11.3 Å². The van der Waals surface area contributed by atoms with Crippen molar-refractivity contribution in [2.24, 2.45) is 5.92 Å². The summed E-state index contributed by atoms with van der Waals surface area (Å²) in [5, 5.41) is 9.82. The Labute approximate surface area is 202 Å². The van der Waals surface area contributed by atoms with Gasteiger partial charge in [-0.3, -0.25) is 4.79 Å². The van der Waals surface area contributed by atoms with Gasteiger partial charge < -0.3 is 15.7 Å². The van der Waals surface area contributed by atoms with Gasteiger partial charge in [-0.1, -0.05) is 18.5 Å². The summed E-state index contributed by atoms with van der Waals surface area (Å²) in [6.07, 6.45) is 4.59. The van der Waals surface area contributed by atoms with E-state index in [0.29, 0.717) is 55.0 Å². The predicted octanol–water partition coefficient (Wildman–Crippen LogP) is 4.38. The number of aliphatic hydroxyl groups excluding tert-OH is 1. The molecule has 9 heteroatoms. The van der Waals surface area contributed by atoms with Gasteiger partial charge in [-0.2, -0.15) is 0 Å². The summed E-state index contributed by atoms with van der Waals surface area (Å²) >= 11 is 6.47. The summed E-state index contributed by atoms with van der Waals surface area (Å²) in [5.41, 5.74) is 8.76. The highest BCUT2D eigenvalue weighted by atomic mass is 35.5. The monoisotopic (exact) mass is 483 g/mol. The van der Waals surface area contributed by atoms with Gasteiger partial charge >= 0.3 is 0 Å². The first-order valence-corrected chi connectivity index (χ1v) is 11.7. The van der Waals surface area contributed by atoms with E-state index in [-0.39, 0.29) is 16.5 Å². The minimum atomic E-state index is -0.705. The second-order valence-corrected chi connectivity index (χ2v) is 8.96. The topological polar surface area (TPSA) is 105 Å². The van der Waals surface area contributed by atoms with Gasteiger partial charge in [-0.05, 0) is 56.4 Å². The van der Waals surface area contributed by atoms with Crippen molar-refractivity contribution in [3.05, 3.63) is 58.9 Å². The Morgan fingerprint density at radius 2 is 1.97 bits per heavy atom. The van der Waals surface area contributed by atoms with Crippen LogP contribution in [0.4, 0.5) is 10.2 Å². The van der Waals surface area contributed by atoms with E-state index in [1.54, 1.807) is 30.2 Å². The van der Waals surface area contributed by atoms with Gasteiger partial charge in [0.2, 0.25) is 0 Å². The number of halogens is 2. The smallest absolute Gasteiger partial charge is 0.258 e. The van der Waals surface area contributed by atoms with Crippen molar-refractivity contribution < 1.29 is 14.3 Å². The van der Waals surface area contributed by atoms with Crippen molar-refractivity contribution in [2.75, 3.05) is 18.8 Å². The van der Waals surface area contributed by atoms with Gasteiger partial charge in [-0.15, -0.1) is 0 Å². The fourth-order valence-corrected chi connectivity index (χ4v) is 4.71. The number of amides is 1. The van der Waals surface area contributed by atoms with Crippen molar-refractivity contribution in [2.45, 2.75) is 39.2 Å². The summed E-state index contributed by atoms with van der Waals surface area (Å²) in [5.74, 6) is -0.630. The van der Waals surface area contributed by atoms with E-state index >= 15 is 4.39 Å². The first-order valence-electron chi connectivity index (χ1n) is 11.3. The molecule has 0 bridgehead atoms. The molecule has 1 aliphatic rings. The third-order valence-corrected chi connectivity index (χ3v) is 6.67. The Kier molecular flexibility index (Phi) is 7.09. The molecule has 1 unspecified atom stereocenters. The number of nitrogen functional groups attached to an aromatic ring is 1. The maximum Gasteiger partial charge on any atom is 0.258 e. The Bertz CT molecular complexity index is 1170. The zero-order valence-corrected chi connectivity index (χ0v) is 19.9. The van der Waals surface area contributed by atoms with E-state index in [4.69, 9.17) is 17.3 Å². The molecule has 1 atom stereocenters. The number of hydrogen-bond donors (Lipinski definition) is 2. The zero-order valence-electron chi connectivity index (χ0n) is 19.1. The highest BCUT2D eigenvalue weighted by molar-refractivity contribution is 6.34. The number of piperidine rings is 1. The number of nitrogens with zero attached hydrogens (tertiary/aromatic N) is 4. The molecule has 1 aromatic carbocycles. The van der Waals surface area contributed by atoms with Crippen LogP contribution in [0.3, 0.4) is 0 Å². The molecule has 0 aliphatic carbocycles. The number of aliphatic hydroxyl groups is 1. The van der Waals surface area contributed by atoms with Crippen LogP contribution in [0.25, 0.3) is 22.4 Å². The molecule has 34 heavy (non-hydrogen) atoms. The lowest BCUT2D eigenvalue weighted by Gasteiger charge is -2.33. The quantitative estimate of drug-likeness (QED) is 0.558. The number of anilines is 1. The fraction of sp³-hybridized carbons (Fsp3) is 0.360. The number of hydrogen-bond acceptors (Lipinski definition) is 6. The lowest BCUT2D eigenvalue weighted by molar-refractivity contribution is 0.0518. The normalized spacial score (nSPS) is 15.4. The van der Waals surface area contributed by atoms with Crippen molar-refractivity contribution in [3.8, 4) is 22.4 Å². The summed E-state index contributed by atoms with van der Waals surface area (Å²) in [7, 11) is 0. The number of pyridine rings is 1. The molecule has 1 amide bonds. The van der Waals surface area contributed by atoms with Crippen LogP contribution < -0.4 is 5.73 Å². The zero-order chi connectivity index (χ0) is 24.4. The third-order valence-electron chi connectivity index (χ3n) is 6.37. The van der Waals surface area contributed by atoms with E-state index in [1.807, 2.05) is 13.0 Å². The molecule has 3 aromatic rings. The van der Waals surface area contributed by atoms with Crippen LogP contribution in [0.2, 0.25) is 5.02 Å². The molecule has 0 saturated carbocycles. The van der Waals surface area contributed by atoms with Gasteiger partial charge in [0.25, 0.3) is 5.91 Å². The Morgan fingerprint density at radius 3 is 2.56 bits per heavy atom. The molecule has 178 valence electrons. The molecular formula is C25H27ClFN5O2. The molecule has 4 rings (SSSR count). The van der Waals surface area contributed by atoms with Gasteiger partial charge in [0.05, 0.1) is 28.1 Å². The number of rotatable bonds is 5. The number of carbonyl (C=O) groups is 1. The number of nitrogens with two attached hydrogens (primary N) is 1. The van der Waals surface area contributed by atoms with E-state index < -0.39 is 17.8 Å². The maximum absolute atomic E-state index is 15.3. The molecule has 3 heterocycles. The molecule has 1 saturated heterocycles. The Hall–Kier alpha value is -3.10. The van der Waals surface area contributed by atoms with Gasteiger partial charge in [-0.25, -0.2) is 19.3 Å². The van der Waals surface area contributed by atoms with E-state index in [1.165, 1.54) is 12.4 Å². The second kappa shape index (κ2) is 10.0. The van der Waals surface area contributed by atoms with Crippen LogP contribution in [0, 0.1) is 11.7 Å². The van der Waals surface area contributed by atoms with Crippen LogP contribution in [0.15, 0.2) is 36.8 Å². The Balaban J connectivity index is 1.71. The van der Waals surface area contributed by atoms with Gasteiger partial charge in [0.1, 0.15) is 18.0 Å². The van der Waals surface area contributed by atoms with Crippen LogP contribution in [0.1, 0.15) is 42.7 Å². The van der Waals surface area contributed by atoms with Crippen LogP contribution in [-0.2, 0) is 6.42 Å². The molecular weight excluding hydrogens is 457 g/mol. The van der Waals surface area contributed by atoms with Crippen LogP contribution >= 0.6 is 11.6 Å². The van der Waals surface area contributed by atoms with Crippen molar-refractivity contribution in [1.29, 1.82) is 0 Å². The lowest BCUT2D eigenvalue weighted by Crippen LogP contribution is -2.41.